The van der Waals surface area contributed by atoms with E-state index in [1.807, 2.05) is 72.2 Å². The van der Waals surface area contributed by atoms with Crippen LogP contribution in [-0.4, -0.2) is 25.6 Å². The number of nitro benzene ring substituents is 1. The minimum absolute atomic E-state index is 0.145. The van der Waals surface area contributed by atoms with E-state index in [-0.39, 0.29) is 17.3 Å². The summed E-state index contributed by atoms with van der Waals surface area (Å²) in [6, 6.07) is 23.9. The molecule has 3 aromatic carbocycles. The van der Waals surface area contributed by atoms with Crippen molar-refractivity contribution in [3.05, 3.63) is 111 Å². The summed E-state index contributed by atoms with van der Waals surface area (Å²) in [7, 11) is 0. The van der Waals surface area contributed by atoms with Crippen LogP contribution < -0.4 is 5.32 Å². The number of amides is 1. The van der Waals surface area contributed by atoms with Gasteiger partial charge in [0.25, 0.3) is 5.69 Å². The Morgan fingerprint density at radius 1 is 1.03 bits per heavy atom. The Hall–Kier alpha value is -3.98. The number of hydrogen-bond donors (Lipinski definition) is 1. The third-order valence-electron chi connectivity index (χ3n) is 5.26. The van der Waals surface area contributed by atoms with E-state index in [9.17, 15) is 14.9 Å². The lowest BCUT2D eigenvalue weighted by Crippen LogP contribution is -2.20. The molecule has 0 bridgehead atoms. The number of rotatable bonds is 8. The molecule has 1 aromatic heterocycles. The fourth-order valence-electron chi connectivity index (χ4n) is 3.50. The van der Waals surface area contributed by atoms with E-state index in [4.69, 9.17) is 0 Å². The molecular weight excluding hydrogens is 450 g/mol. The average Bonchev–Trinajstić information content (AvgIpc) is 3.18. The normalized spacial score (nSPS) is 11.7. The maximum atomic E-state index is 13.4. The Balaban J connectivity index is 1.65. The number of carbonyl (C=O) groups excluding carboxylic acids is 1. The van der Waals surface area contributed by atoms with Crippen LogP contribution in [0.15, 0.2) is 84.0 Å². The van der Waals surface area contributed by atoms with Crippen molar-refractivity contribution >= 4 is 29.0 Å². The Kier molecular flexibility index (Phi) is 7.03. The van der Waals surface area contributed by atoms with Gasteiger partial charge in [0.2, 0.25) is 5.91 Å². The number of hydrogen-bond acceptors (Lipinski definition) is 6. The largest absolute Gasteiger partial charge is 0.319 e. The fourth-order valence-corrected chi connectivity index (χ4v) is 4.58. The molecule has 1 unspecified atom stereocenters. The Labute approximate surface area is 201 Å². The molecule has 34 heavy (non-hydrogen) atoms. The summed E-state index contributed by atoms with van der Waals surface area (Å²) in [5, 5.41) is 22.7. The van der Waals surface area contributed by atoms with Gasteiger partial charge in [-0.25, -0.2) is 0 Å². The third kappa shape index (κ3) is 5.32. The quantitative estimate of drug-likeness (QED) is 0.211. The number of nitrogens with zero attached hydrogens (tertiary/aromatic N) is 4. The molecule has 0 aliphatic carbocycles. The molecule has 8 nitrogen and oxygen atoms in total. The van der Waals surface area contributed by atoms with Gasteiger partial charge in [0.05, 0.1) is 11.5 Å². The molecule has 1 amide bonds. The van der Waals surface area contributed by atoms with Crippen LogP contribution >= 0.6 is 11.8 Å². The van der Waals surface area contributed by atoms with Gasteiger partial charge in [-0.1, -0.05) is 78.5 Å². The summed E-state index contributed by atoms with van der Waals surface area (Å²) in [5.74, 6) is 0.350. The van der Waals surface area contributed by atoms with E-state index in [0.717, 1.165) is 22.5 Å². The number of nitrogens with one attached hydrogen (secondary N) is 1. The molecular formula is C25H23N5O3S. The number of carbonyl (C=O) groups is 1. The van der Waals surface area contributed by atoms with Crippen LogP contribution in [0.25, 0.3) is 0 Å². The number of thioether (sulfide) groups is 1. The lowest BCUT2D eigenvalue weighted by Gasteiger charge is -2.17. The molecule has 0 spiro atoms. The van der Waals surface area contributed by atoms with Crippen molar-refractivity contribution in [2.75, 3.05) is 5.32 Å². The SMILES string of the molecule is Cc1ccc(NC(=O)C(Sc2nnc(C)n2Cc2ccccc2)c2ccccc2)c([N+](=O)[O-])c1. The predicted octanol–water partition coefficient (Wildman–Crippen LogP) is 5.32. The van der Waals surface area contributed by atoms with Gasteiger partial charge >= 0.3 is 0 Å². The molecule has 9 heteroatoms. The van der Waals surface area contributed by atoms with Gasteiger partial charge in [0.15, 0.2) is 5.16 Å². The molecule has 1 N–H and O–H groups in total. The predicted molar refractivity (Wildman–Crippen MR) is 132 cm³/mol. The molecule has 172 valence electrons. The van der Waals surface area contributed by atoms with Crippen LogP contribution in [-0.2, 0) is 11.3 Å². The van der Waals surface area contributed by atoms with Crippen molar-refractivity contribution in [3.8, 4) is 0 Å². The fraction of sp³-hybridized carbons (Fsp3) is 0.160. The van der Waals surface area contributed by atoms with Gasteiger partial charge in [-0.3, -0.25) is 14.9 Å². The summed E-state index contributed by atoms with van der Waals surface area (Å²) in [4.78, 5) is 24.5. The third-order valence-corrected chi connectivity index (χ3v) is 6.49. The Morgan fingerprint density at radius 3 is 2.38 bits per heavy atom. The molecule has 0 aliphatic heterocycles. The molecule has 0 fully saturated rings. The first-order valence-electron chi connectivity index (χ1n) is 10.6. The highest BCUT2D eigenvalue weighted by atomic mass is 32.2. The average molecular weight is 474 g/mol. The maximum Gasteiger partial charge on any atom is 0.293 e. The standard InChI is InChI=1S/C25H23N5O3S/c1-17-13-14-21(22(15-17)30(32)33)26-24(31)23(20-11-7-4-8-12-20)34-25-28-27-18(2)29(25)16-19-9-5-3-6-10-19/h3-15,23H,16H2,1-2H3,(H,26,31). The molecule has 0 aliphatic rings. The number of anilines is 1. The van der Waals surface area contributed by atoms with Gasteiger partial charge < -0.3 is 9.88 Å². The van der Waals surface area contributed by atoms with Crippen molar-refractivity contribution in [2.45, 2.75) is 30.8 Å². The molecule has 1 heterocycles. The van der Waals surface area contributed by atoms with Crippen molar-refractivity contribution in [2.24, 2.45) is 0 Å². The van der Waals surface area contributed by atoms with E-state index >= 15 is 0 Å². The minimum atomic E-state index is -0.694. The first kappa shape index (κ1) is 23.2. The highest BCUT2D eigenvalue weighted by Crippen LogP contribution is 2.37. The zero-order valence-corrected chi connectivity index (χ0v) is 19.5. The lowest BCUT2D eigenvalue weighted by atomic mass is 10.1. The summed E-state index contributed by atoms with van der Waals surface area (Å²) < 4.78 is 1.96. The van der Waals surface area contributed by atoms with Crippen LogP contribution in [0.5, 0.6) is 0 Å². The van der Waals surface area contributed by atoms with E-state index in [0.29, 0.717) is 11.7 Å². The summed E-state index contributed by atoms with van der Waals surface area (Å²) >= 11 is 1.26. The zero-order valence-electron chi connectivity index (χ0n) is 18.7. The van der Waals surface area contributed by atoms with E-state index in [1.54, 1.807) is 19.1 Å². The number of benzene rings is 3. The van der Waals surface area contributed by atoms with Crippen molar-refractivity contribution in [3.63, 3.8) is 0 Å². The van der Waals surface area contributed by atoms with E-state index in [1.165, 1.54) is 17.8 Å². The smallest absolute Gasteiger partial charge is 0.293 e. The van der Waals surface area contributed by atoms with Crippen molar-refractivity contribution in [1.82, 2.24) is 14.8 Å². The first-order chi connectivity index (χ1) is 16.4. The number of aromatic nitrogens is 3. The molecule has 0 saturated carbocycles. The summed E-state index contributed by atoms with van der Waals surface area (Å²) in [6.07, 6.45) is 0. The highest BCUT2D eigenvalue weighted by molar-refractivity contribution is 8.00. The van der Waals surface area contributed by atoms with Crippen LogP contribution in [0.4, 0.5) is 11.4 Å². The monoisotopic (exact) mass is 473 g/mol. The van der Waals surface area contributed by atoms with Gasteiger partial charge in [-0.05, 0) is 36.6 Å². The summed E-state index contributed by atoms with van der Waals surface area (Å²) in [5.41, 5.74) is 2.59. The van der Waals surface area contributed by atoms with Gasteiger partial charge in [0.1, 0.15) is 16.8 Å². The van der Waals surface area contributed by atoms with Crippen LogP contribution in [0, 0.1) is 24.0 Å². The lowest BCUT2D eigenvalue weighted by molar-refractivity contribution is -0.384. The molecule has 1 atom stereocenters. The van der Waals surface area contributed by atoms with Crippen molar-refractivity contribution < 1.29 is 9.72 Å². The first-order valence-corrected chi connectivity index (χ1v) is 11.5. The number of nitro groups is 1. The maximum absolute atomic E-state index is 13.4. The van der Waals surface area contributed by atoms with E-state index in [2.05, 4.69) is 15.5 Å². The Bertz CT molecular complexity index is 1310. The second-order valence-corrected chi connectivity index (χ2v) is 8.85. The van der Waals surface area contributed by atoms with Gasteiger partial charge in [0, 0.05) is 6.07 Å². The number of aryl methyl sites for hydroxylation is 2. The van der Waals surface area contributed by atoms with Crippen molar-refractivity contribution in [1.29, 1.82) is 0 Å². The second kappa shape index (κ2) is 10.3. The highest BCUT2D eigenvalue weighted by Gasteiger charge is 2.27. The van der Waals surface area contributed by atoms with E-state index < -0.39 is 10.2 Å². The molecule has 0 saturated heterocycles. The second-order valence-electron chi connectivity index (χ2n) is 7.78. The topological polar surface area (TPSA) is 103 Å². The molecule has 4 rings (SSSR count). The zero-order chi connectivity index (χ0) is 24.1. The van der Waals surface area contributed by atoms with Gasteiger partial charge in [-0.15, -0.1) is 10.2 Å². The molecule has 0 radical (unpaired) electrons. The van der Waals surface area contributed by atoms with Crippen LogP contribution in [0.3, 0.4) is 0 Å². The van der Waals surface area contributed by atoms with Gasteiger partial charge in [-0.2, -0.15) is 0 Å². The van der Waals surface area contributed by atoms with Crippen LogP contribution in [0.2, 0.25) is 0 Å². The Morgan fingerprint density at radius 2 is 1.71 bits per heavy atom. The van der Waals surface area contributed by atoms with Crippen LogP contribution in [0.1, 0.15) is 27.8 Å². The summed E-state index contributed by atoms with van der Waals surface area (Å²) in [6.45, 7) is 4.20. The minimum Gasteiger partial charge on any atom is -0.319 e. The molecule has 4 aromatic rings.